The molecule has 7 heteroatoms. The monoisotopic (exact) mass is 237 g/mol. The van der Waals surface area contributed by atoms with Crippen LogP contribution in [0.4, 0.5) is 8.78 Å². The van der Waals surface area contributed by atoms with E-state index in [1.807, 2.05) is 4.72 Å². The maximum atomic E-state index is 13.2. The first-order valence-corrected chi connectivity index (χ1v) is 5.38. The molecule has 0 aromatic heterocycles. The van der Waals surface area contributed by atoms with Gasteiger partial charge in [0, 0.05) is 0 Å². The quantitative estimate of drug-likeness (QED) is 0.849. The molecule has 4 nitrogen and oxygen atoms in total. The Morgan fingerprint density at radius 1 is 1.27 bits per heavy atom. The third-order valence-electron chi connectivity index (χ3n) is 1.76. The molecule has 0 amide bonds. The van der Waals surface area contributed by atoms with Crippen molar-refractivity contribution in [1.82, 2.24) is 4.72 Å². The van der Waals surface area contributed by atoms with Crippen molar-refractivity contribution < 1.29 is 21.9 Å². The zero-order valence-corrected chi connectivity index (χ0v) is 8.86. The summed E-state index contributed by atoms with van der Waals surface area (Å²) in [5.41, 5.74) is 0. The van der Waals surface area contributed by atoms with Crippen LogP contribution < -0.4 is 9.46 Å². The molecule has 0 bridgehead atoms. The standard InChI is InChI=1S/C8H9F2NO3S/c1-11-15(12,13)8-6(10)4-3-5(9)7(8)14-2/h3-4,11H,1-2H3. The van der Waals surface area contributed by atoms with Crippen LogP contribution in [0.25, 0.3) is 0 Å². The van der Waals surface area contributed by atoms with Gasteiger partial charge in [-0.1, -0.05) is 0 Å². The van der Waals surface area contributed by atoms with E-state index >= 15 is 0 Å². The molecule has 0 aliphatic rings. The Morgan fingerprint density at radius 3 is 2.27 bits per heavy atom. The average Bonchev–Trinajstić information content (AvgIpc) is 2.20. The van der Waals surface area contributed by atoms with Gasteiger partial charge in [0.2, 0.25) is 10.0 Å². The maximum Gasteiger partial charge on any atom is 0.247 e. The number of methoxy groups -OCH3 is 1. The summed E-state index contributed by atoms with van der Waals surface area (Å²) in [6.07, 6.45) is 0. The lowest BCUT2D eigenvalue weighted by Gasteiger charge is -2.09. The molecular formula is C8H9F2NO3S. The van der Waals surface area contributed by atoms with Crippen molar-refractivity contribution in [3.8, 4) is 5.75 Å². The minimum Gasteiger partial charge on any atom is -0.492 e. The Kier molecular flexibility index (Phi) is 3.25. The van der Waals surface area contributed by atoms with Crippen LogP contribution in [0.2, 0.25) is 0 Å². The van der Waals surface area contributed by atoms with Gasteiger partial charge in [0.1, 0.15) is 5.82 Å². The van der Waals surface area contributed by atoms with Crippen molar-refractivity contribution in [2.24, 2.45) is 0 Å². The molecule has 1 aromatic rings. The van der Waals surface area contributed by atoms with Crippen LogP contribution >= 0.6 is 0 Å². The first-order chi connectivity index (χ1) is 6.94. The lowest BCUT2D eigenvalue weighted by atomic mass is 10.3. The lowest BCUT2D eigenvalue weighted by Crippen LogP contribution is -2.21. The first kappa shape index (κ1) is 11.9. The Morgan fingerprint density at radius 2 is 1.80 bits per heavy atom. The van der Waals surface area contributed by atoms with Gasteiger partial charge in [-0.15, -0.1) is 0 Å². The van der Waals surface area contributed by atoms with Crippen molar-refractivity contribution in [2.45, 2.75) is 4.90 Å². The summed E-state index contributed by atoms with van der Waals surface area (Å²) < 4.78 is 55.5. The molecule has 1 N–H and O–H groups in total. The number of hydrogen-bond donors (Lipinski definition) is 1. The molecule has 0 unspecified atom stereocenters. The van der Waals surface area contributed by atoms with Crippen molar-refractivity contribution in [1.29, 1.82) is 0 Å². The van der Waals surface area contributed by atoms with Gasteiger partial charge in [-0.2, -0.15) is 0 Å². The van der Waals surface area contributed by atoms with E-state index in [1.165, 1.54) is 0 Å². The molecule has 0 radical (unpaired) electrons. The van der Waals surface area contributed by atoms with E-state index in [9.17, 15) is 17.2 Å². The SMILES string of the molecule is CNS(=O)(=O)c1c(F)ccc(F)c1OC. The number of nitrogens with one attached hydrogen (secondary N) is 1. The van der Waals surface area contributed by atoms with Crippen LogP contribution in [-0.4, -0.2) is 22.6 Å². The normalized spacial score (nSPS) is 11.5. The Labute approximate surface area is 85.9 Å². The number of ether oxygens (including phenoxy) is 1. The average molecular weight is 237 g/mol. The van der Waals surface area contributed by atoms with Crippen molar-refractivity contribution in [3.63, 3.8) is 0 Å². The molecule has 0 aliphatic heterocycles. The molecule has 0 saturated carbocycles. The summed E-state index contributed by atoms with van der Waals surface area (Å²) >= 11 is 0. The summed E-state index contributed by atoms with van der Waals surface area (Å²) in [7, 11) is -1.93. The first-order valence-electron chi connectivity index (χ1n) is 3.89. The predicted molar refractivity (Wildman–Crippen MR) is 49.2 cm³/mol. The van der Waals surface area contributed by atoms with E-state index < -0.39 is 32.3 Å². The highest BCUT2D eigenvalue weighted by Crippen LogP contribution is 2.29. The third kappa shape index (κ3) is 2.07. The van der Waals surface area contributed by atoms with Crippen molar-refractivity contribution >= 4 is 10.0 Å². The predicted octanol–water partition coefficient (Wildman–Crippen LogP) is 0.882. The third-order valence-corrected chi connectivity index (χ3v) is 3.21. The fourth-order valence-electron chi connectivity index (χ4n) is 1.06. The second kappa shape index (κ2) is 4.11. The Bertz CT molecular complexity index is 473. The van der Waals surface area contributed by atoms with Crippen molar-refractivity contribution in [3.05, 3.63) is 23.8 Å². The van der Waals surface area contributed by atoms with E-state index in [0.29, 0.717) is 0 Å². The Hall–Kier alpha value is -1.21. The van der Waals surface area contributed by atoms with Gasteiger partial charge in [0.05, 0.1) is 7.11 Å². The summed E-state index contributed by atoms with van der Waals surface area (Å²) in [5, 5.41) is 0. The fraction of sp³-hybridized carbons (Fsp3) is 0.250. The molecule has 1 rings (SSSR count). The zero-order chi connectivity index (χ0) is 11.6. The molecule has 84 valence electrons. The van der Waals surface area contributed by atoms with Crippen LogP contribution in [0, 0.1) is 11.6 Å². The maximum absolute atomic E-state index is 13.2. The highest BCUT2D eigenvalue weighted by atomic mass is 32.2. The summed E-state index contributed by atoms with van der Waals surface area (Å²) in [4.78, 5) is -0.826. The molecule has 0 aliphatic carbocycles. The molecule has 1 aromatic carbocycles. The highest BCUT2D eigenvalue weighted by molar-refractivity contribution is 7.89. The van der Waals surface area contributed by atoms with Gasteiger partial charge < -0.3 is 4.74 Å². The number of halogens is 2. The smallest absolute Gasteiger partial charge is 0.247 e. The van der Waals surface area contributed by atoms with E-state index in [4.69, 9.17) is 0 Å². The van der Waals surface area contributed by atoms with E-state index in [0.717, 1.165) is 26.3 Å². The fourth-order valence-corrected chi connectivity index (χ4v) is 2.01. The van der Waals surface area contributed by atoms with Gasteiger partial charge in [-0.05, 0) is 19.2 Å². The lowest BCUT2D eigenvalue weighted by molar-refractivity contribution is 0.366. The van der Waals surface area contributed by atoms with Gasteiger partial charge in [0.25, 0.3) is 0 Å². The van der Waals surface area contributed by atoms with E-state index in [2.05, 4.69) is 4.74 Å². The van der Waals surface area contributed by atoms with Gasteiger partial charge in [-0.3, -0.25) is 0 Å². The zero-order valence-electron chi connectivity index (χ0n) is 8.04. The molecular weight excluding hydrogens is 228 g/mol. The van der Waals surface area contributed by atoms with Crippen LogP contribution in [0.5, 0.6) is 5.75 Å². The largest absolute Gasteiger partial charge is 0.492 e. The summed E-state index contributed by atoms with van der Waals surface area (Å²) in [6, 6.07) is 1.52. The van der Waals surface area contributed by atoms with Gasteiger partial charge >= 0.3 is 0 Å². The second-order valence-electron chi connectivity index (χ2n) is 2.60. The van der Waals surface area contributed by atoms with Crippen LogP contribution in [0.15, 0.2) is 17.0 Å². The number of sulfonamides is 1. The van der Waals surface area contributed by atoms with Crippen LogP contribution in [-0.2, 0) is 10.0 Å². The van der Waals surface area contributed by atoms with E-state index in [1.54, 1.807) is 0 Å². The molecule has 0 saturated heterocycles. The number of benzene rings is 1. The van der Waals surface area contributed by atoms with Gasteiger partial charge in [-0.25, -0.2) is 21.9 Å². The van der Waals surface area contributed by atoms with Crippen molar-refractivity contribution in [2.75, 3.05) is 14.2 Å². The molecule has 15 heavy (non-hydrogen) atoms. The summed E-state index contributed by atoms with van der Waals surface area (Å²) in [5.74, 6) is -2.64. The van der Waals surface area contributed by atoms with Gasteiger partial charge in [0.15, 0.2) is 16.5 Å². The minimum absolute atomic E-state index is 0.635. The molecule has 0 heterocycles. The number of hydrogen-bond acceptors (Lipinski definition) is 3. The molecule has 0 atom stereocenters. The number of rotatable bonds is 3. The van der Waals surface area contributed by atoms with Crippen LogP contribution in [0.3, 0.4) is 0 Å². The topological polar surface area (TPSA) is 55.4 Å². The van der Waals surface area contributed by atoms with Crippen LogP contribution in [0.1, 0.15) is 0 Å². The summed E-state index contributed by atoms with van der Waals surface area (Å²) in [6.45, 7) is 0. The van der Waals surface area contributed by atoms with E-state index in [-0.39, 0.29) is 0 Å². The highest BCUT2D eigenvalue weighted by Gasteiger charge is 2.25. The molecule has 0 spiro atoms. The second-order valence-corrected chi connectivity index (χ2v) is 4.42. The Balaban J connectivity index is 3.59. The molecule has 0 fully saturated rings. The minimum atomic E-state index is -4.08.